The second kappa shape index (κ2) is 18.9. The molecule has 3 heterocycles. The van der Waals surface area contributed by atoms with Crippen molar-refractivity contribution in [3.05, 3.63) is 188 Å². The van der Waals surface area contributed by atoms with Gasteiger partial charge in [-0.1, -0.05) is 115 Å². The van der Waals surface area contributed by atoms with Gasteiger partial charge >= 0.3 is 7.60 Å². The molecule has 1 unspecified atom stereocenters. The van der Waals surface area contributed by atoms with Crippen LogP contribution in [0.5, 0.6) is 23.0 Å². The Balaban J connectivity index is 0.867. The van der Waals surface area contributed by atoms with E-state index in [-0.39, 0.29) is 0 Å². The molecule has 2 aliphatic rings. The van der Waals surface area contributed by atoms with Crippen LogP contribution in [0.1, 0.15) is 24.2 Å². The number of anilines is 1. The number of nitrogens with one attached hydrogen (secondary N) is 3. The van der Waals surface area contributed by atoms with Gasteiger partial charge in [0.15, 0.2) is 5.78 Å². The van der Waals surface area contributed by atoms with Crippen LogP contribution in [-0.4, -0.2) is 40.7 Å². The summed E-state index contributed by atoms with van der Waals surface area (Å²) in [6, 6.07) is 59.0. The number of aryl methyl sites for hydroxylation is 1. The molecular formula is C54H49N6O4P. The van der Waals surface area contributed by atoms with E-state index in [4.69, 9.17) is 23.8 Å². The predicted molar refractivity (Wildman–Crippen MR) is 264 cm³/mol. The normalized spacial score (nSPS) is 12.3. The fourth-order valence-electron chi connectivity index (χ4n) is 8.52. The molecule has 324 valence electrons. The second-order valence-corrected chi connectivity index (χ2v) is 18.0. The highest BCUT2D eigenvalue weighted by molar-refractivity contribution is 7.55. The Morgan fingerprint density at radius 2 is 1.06 bits per heavy atom. The zero-order valence-electron chi connectivity index (χ0n) is 36.1. The number of aromatic nitrogens is 3. The zero-order valence-corrected chi connectivity index (χ0v) is 37.0. The Hall–Kier alpha value is -7.23. The summed E-state index contributed by atoms with van der Waals surface area (Å²) in [5, 5.41) is 15.1. The zero-order chi connectivity index (χ0) is 44.0. The molecule has 0 aliphatic carbocycles. The summed E-state index contributed by atoms with van der Waals surface area (Å²) in [7, 11) is -1.96. The van der Waals surface area contributed by atoms with Gasteiger partial charge < -0.3 is 29.0 Å². The molecule has 3 N–H and O–H groups in total. The Labute approximate surface area is 378 Å². The molecule has 0 fully saturated rings. The number of fused-ring (bicyclic) bond motifs is 6. The van der Waals surface area contributed by atoms with Gasteiger partial charge in [0.25, 0.3) is 0 Å². The van der Waals surface area contributed by atoms with E-state index in [2.05, 4.69) is 75.1 Å². The molecule has 0 spiro atoms. The summed E-state index contributed by atoms with van der Waals surface area (Å²) in [4.78, 5) is 9.86. The number of ether oxygens (including phenoxy) is 1. The lowest BCUT2D eigenvalue weighted by atomic mass is 10.1. The third kappa shape index (κ3) is 8.84. The van der Waals surface area contributed by atoms with Crippen molar-refractivity contribution in [1.82, 2.24) is 25.2 Å². The predicted octanol–water partition coefficient (Wildman–Crippen LogP) is 12.7. The SMILES string of the molecule is Cn1c2nc3ccccc3c-2c(Oc2ccc(C(NCCCNCCCNc3c4ccccc4nc4ccccc34)P(=O)(Oc3ccccc3)Oc3ccccc3)cc2)c2ccccc21. The summed E-state index contributed by atoms with van der Waals surface area (Å²) in [5.41, 5.74) is 6.68. The van der Waals surface area contributed by atoms with E-state index in [1.54, 1.807) is 24.3 Å². The molecule has 8 aromatic rings. The first-order valence-corrected chi connectivity index (χ1v) is 23.7. The lowest BCUT2D eigenvalue weighted by Crippen LogP contribution is -2.29. The molecule has 1 atom stereocenters. The van der Waals surface area contributed by atoms with Crippen molar-refractivity contribution in [1.29, 1.82) is 0 Å². The van der Waals surface area contributed by atoms with Crippen LogP contribution in [0.25, 0.3) is 55.0 Å². The molecule has 65 heavy (non-hydrogen) atoms. The third-order valence-electron chi connectivity index (χ3n) is 11.6. The monoisotopic (exact) mass is 876 g/mol. The fourth-order valence-corrected chi connectivity index (χ4v) is 10.5. The van der Waals surface area contributed by atoms with E-state index >= 15 is 4.57 Å². The van der Waals surface area contributed by atoms with E-state index in [1.165, 1.54) is 0 Å². The number of hydrogen-bond acceptors (Lipinski definition) is 9. The van der Waals surface area contributed by atoms with Crippen molar-refractivity contribution >= 4 is 56.9 Å². The van der Waals surface area contributed by atoms with Crippen molar-refractivity contribution in [2.24, 2.45) is 7.05 Å². The molecule has 11 heteroatoms. The fraction of sp³-hybridized carbons (Fsp3) is 0.148. The van der Waals surface area contributed by atoms with Gasteiger partial charge in [0.1, 0.15) is 28.8 Å². The van der Waals surface area contributed by atoms with E-state index < -0.39 is 13.4 Å². The van der Waals surface area contributed by atoms with Crippen LogP contribution in [0.15, 0.2) is 182 Å². The number of rotatable bonds is 18. The van der Waals surface area contributed by atoms with Gasteiger partial charge in [-0.05, 0) is 105 Å². The average molecular weight is 877 g/mol. The van der Waals surface area contributed by atoms with Gasteiger partial charge in [-0.15, -0.1) is 0 Å². The van der Waals surface area contributed by atoms with Gasteiger partial charge in [-0.25, -0.2) is 14.5 Å². The van der Waals surface area contributed by atoms with Crippen molar-refractivity contribution in [2.75, 3.05) is 31.5 Å². The number of hydrogen-bond donors (Lipinski definition) is 3. The molecular weight excluding hydrogens is 828 g/mol. The third-order valence-corrected chi connectivity index (χ3v) is 13.7. The summed E-state index contributed by atoms with van der Waals surface area (Å²) < 4.78 is 37.2. The Kier molecular flexibility index (Phi) is 12.1. The Morgan fingerprint density at radius 1 is 0.538 bits per heavy atom. The molecule has 10 nitrogen and oxygen atoms in total. The highest BCUT2D eigenvalue weighted by Gasteiger charge is 2.40. The highest BCUT2D eigenvalue weighted by Crippen LogP contribution is 2.59. The van der Waals surface area contributed by atoms with Crippen LogP contribution in [0.3, 0.4) is 0 Å². The molecule has 0 amide bonds. The molecule has 0 radical (unpaired) electrons. The van der Waals surface area contributed by atoms with Crippen molar-refractivity contribution in [2.45, 2.75) is 18.6 Å². The minimum atomic E-state index is -4.00. The van der Waals surface area contributed by atoms with Crippen LogP contribution in [-0.2, 0) is 11.6 Å². The lowest BCUT2D eigenvalue weighted by Gasteiger charge is -2.29. The quantitative estimate of drug-likeness (QED) is 0.0441. The van der Waals surface area contributed by atoms with Crippen LogP contribution in [0.4, 0.5) is 5.69 Å². The molecule has 2 aliphatic heterocycles. The van der Waals surface area contributed by atoms with Gasteiger partial charge in [0.2, 0.25) is 0 Å². The molecule has 7 aromatic carbocycles. The summed E-state index contributed by atoms with van der Waals surface area (Å²) in [5.74, 6) is 2.28. The van der Waals surface area contributed by atoms with Crippen LogP contribution in [0.2, 0.25) is 0 Å². The van der Waals surface area contributed by atoms with Gasteiger partial charge in [0.05, 0.1) is 33.3 Å². The second-order valence-electron chi connectivity index (χ2n) is 16.0. The van der Waals surface area contributed by atoms with Crippen LogP contribution in [0, 0.1) is 0 Å². The molecule has 0 saturated heterocycles. The first-order chi connectivity index (χ1) is 32.0. The first kappa shape index (κ1) is 41.8. The molecule has 1 aromatic heterocycles. The Morgan fingerprint density at radius 3 is 1.69 bits per heavy atom. The molecule has 0 saturated carbocycles. The average Bonchev–Trinajstić information content (AvgIpc) is 3.74. The number of nitrogens with zero attached hydrogens (tertiary/aromatic N) is 3. The Bertz CT molecular complexity index is 3140. The lowest BCUT2D eigenvalue weighted by molar-refractivity contribution is 0.360. The van der Waals surface area contributed by atoms with E-state index in [0.29, 0.717) is 23.8 Å². The van der Waals surface area contributed by atoms with E-state index in [9.17, 15) is 0 Å². The van der Waals surface area contributed by atoms with Gasteiger partial charge in [0, 0.05) is 35.1 Å². The maximum atomic E-state index is 15.4. The summed E-state index contributed by atoms with van der Waals surface area (Å²) in [6.07, 6.45) is 1.71. The largest absolute Gasteiger partial charge is 0.456 e. The number of pyridine rings is 2. The van der Waals surface area contributed by atoms with Crippen molar-refractivity contribution in [3.8, 4) is 34.4 Å². The maximum Gasteiger partial charge on any atom is 0.452 e. The first-order valence-electron chi connectivity index (χ1n) is 22.1. The molecule has 10 rings (SSSR count). The molecule has 0 bridgehead atoms. The van der Waals surface area contributed by atoms with Crippen LogP contribution < -0.4 is 29.7 Å². The minimum absolute atomic E-state index is 0.449. The summed E-state index contributed by atoms with van der Waals surface area (Å²) in [6.45, 7) is 2.96. The topological polar surface area (TPSA) is 112 Å². The van der Waals surface area contributed by atoms with Gasteiger partial charge in [-0.3, -0.25) is 5.32 Å². The minimum Gasteiger partial charge on any atom is -0.456 e. The summed E-state index contributed by atoms with van der Waals surface area (Å²) >= 11 is 0. The van der Waals surface area contributed by atoms with Gasteiger partial charge in [-0.2, -0.15) is 0 Å². The smallest absolute Gasteiger partial charge is 0.452 e. The number of para-hydroxylation sites is 6. The van der Waals surface area contributed by atoms with Crippen molar-refractivity contribution in [3.63, 3.8) is 0 Å². The maximum absolute atomic E-state index is 15.4. The van der Waals surface area contributed by atoms with Crippen LogP contribution >= 0.6 is 7.60 Å². The van der Waals surface area contributed by atoms with E-state index in [1.807, 2.05) is 110 Å². The number of benzene rings is 7. The highest BCUT2D eigenvalue weighted by atomic mass is 31.2. The standard InChI is InChI=1S/C54H49N6O4P/c1-60-49-29-15-11-25-45(49)52(50-42-22-8-12-26-46(42)59-53(50)60)62-39-32-30-38(31-33-39)54(65(61,63-40-18-4-2-5-19-40)64-41-20-6-3-7-21-41)57-37-17-35-55-34-16-36-56-51-43-23-9-13-27-47(43)58-48-28-14-10-24-44(48)51/h2-15,18-33,54-55,57H,16-17,34-37H2,1H3,(H,56,58). The van der Waals surface area contributed by atoms with E-state index in [0.717, 1.165) is 104 Å². The van der Waals surface area contributed by atoms with Crippen molar-refractivity contribution < 1.29 is 18.3 Å².